The van der Waals surface area contributed by atoms with Crippen molar-refractivity contribution >= 4 is 35.8 Å². The number of rotatable bonds is 12. The van der Waals surface area contributed by atoms with Crippen LogP contribution in [-0.2, 0) is 14.3 Å². The molecule has 0 radical (unpaired) electrons. The van der Waals surface area contributed by atoms with E-state index >= 15 is 0 Å². The molecule has 0 spiro atoms. The molecule has 0 fully saturated rings. The molecule has 0 bridgehead atoms. The molecule has 1 atom stereocenters. The highest BCUT2D eigenvalue weighted by Crippen LogP contribution is 2.28. The SMILES string of the molecule is CCOC(=O)Oc1ccc(/C=N\NC(=O)[C@@H](CC(C)C)NC(=O)COc2ccc(Cl)cc2)cc1OC. The summed E-state index contributed by atoms with van der Waals surface area (Å²) in [5, 5.41) is 7.20. The fourth-order valence-electron chi connectivity index (χ4n) is 2.95. The molecule has 194 valence electrons. The van der Waals surface area contributed by atoms with Gasteiger partial charge in [-0.15, -0.1) is 0 Å². The third kappa shape index (κ3) is 9.83. The van der Waals surface area contributed by atoms with Crippen LogP contribution >= 0.6 is 11.6 Å². The molecule has 2 aromatic rings. The van der Waals surface area contributed by atoms with Crippen LogP contribution in [0.1, 0.15) is 32.8 Å². The number of hydrogen-bond donors (Lipinski definition) is 2. The Bertz CT molecular complexity index is 1060. The average Bonchev–Trinajstić information content (AvgIpc) is 2.84. The van der Waals surface area contributed by atoms with Crippen LogP contribution in [0, 0.1) is 5.92 Å². The number of hydrogen-bond acceptors (Lipinski definition) is 8. The van der Waals surface area contributed by atoms with Gasteiger partial charge < -0.3 is 24.3 Å². The quantitative estimate of drug-likeness (QED) is 0.188. The molecule has 0 aliphatic carbocycles. The second-order valence-electron chi connectivity index (χ2n) is 7.92. The summed E-state index contributed by atoms with van der Waals surface area (Å²) in [5.74, 6) is 0.156. The largest absolute Gasteiger partial charge is 0.513 e. The molecule has 0 aliphatic rings. The first-order valence-electron chi connectivity index (χ1n) is 11.2. The molecule has 0 heterocycles. The van der Waals surface area contributed by atoms with Gasteiger partial charge in [-0.25, -0.2) is 10.2 Å². The van der Waals surface area contributed by atoms with Crippen molar-refractivity contribution in [3.8, 4) is 17.2 Å². The summed E-state index contributed by atoms with van der Waals surface area (Å²) < 4.78 is 20.5. The van der Waals surface area contributed by atoms with Crippen LogP contribution in [-0.4, -0.2) is 50.5 Å². The maximum absolute atomic E-state index is 12.7. The monoisotopic (exact) mass is 519 g/mol. The maximum atomic E-state index is 12.7. The van der Waals surface area contributed by atoms with Crippen LogP contribution in [0.3, 0.4) is 0 Å². The predicted octanol–water partition coefficient (Wildman–Crippen LogP) is 3.94. The summed E-state index contributed by atoms with van der Waals surface area (Å²) in [6.07, 6.45) is 0.954. The van der Waals surface area contributed by atoms with E-state index < -0.39 is 24.0 Å². The highest BCUT2D eigenvalue weighted by molar-refractivity contribution is 6.30. The van der Waals surface area contributed by atoms with Gasteiger partial charge in [0.15, 0.2) is 18.1 Å². The minimum Gasteiger partial charge on any atom is -0.493 e. The zero-order valence-electron chi connectivity index (χ0n) is 20.6. The minimum absolute atomic E-state index is 0.137. The second-order valence-corrected chi connectivity index (χ2v) is 8.36. The Labute approximate surface area is 214 Å². The number of carbonyl (C=O) groups excluding carboxylic acids is 3. The predicted molar refractivity (Wildman–Crippen MR) is 135 cm³/mol. The van der Waals surface area contributed by atoms with E-state index in [9.17, 15) is 14.4 Å². The summed E-state index contributed by atoms with van der Waals surface area (Å²) in [6, 6.07) is 10.5. The van der Waals surface area contributed by atoms with Gasteiger partial charge in [0.05, 0.1) is 19.9 Å². The van der Waals surface area contributed by atoms with Crippen LogP contribution < -0.4 is 25.0 Å². The Morgan fingerprint density at radius 1 is 1.08 bits per heavy atom. The first kappa shape index (κ1) is 28.4. The Hall–Kier alpha value is -3.79. The van der Waals surface area contributed by atoms with E-state index in [-0.39, 0.29) is 30.6 Å². The van der Waals surface area contributed by atoms with E-state index in [0.717, 1.165) is 0 Å². The van der Waals surface area contributed by atoms with Crippen molar-refractivity contribution in [2.75, 3.05) is 20.3 Å². The number of benzene rings is 2. The number of nitrogens with zero attached hydrogens (tertiary/aromatic N) is 1. The molecule has 2 aromatic carbocycles. The van der Waals surface area contributed by atoms with Gasteiger partial charge in [0.1, 0.15) is 11.8 Å². The molecule has 36 heavy (non-hydrogen) atoms. The summed E-state index contributed by atoms with van der Waals surface area (Å²) in [4.78, 5) is 36.6. The maximum Gasteiger partial charge on any atom is 0.513 e. The summed E-state index contributed by atoms with van der Waals surface area (Å²) >= 11 is 5.84. The van der Waals surface area contributed by atoms with Gasteiger partial charge in [-0.05, 0) is 67.3 Å². The molecule has 2 amide bonds. The number of carbonyl (C=O) groups is 3. The first-order valence-corrected chi connectivity index (χ1v) is 11.6. The zero-order valence-corrected chi connectivity index (χ0v) is 21.3. The molecule has 0 saturated heterocycles. The number of ether oxygens (including phenoxy) is 4. The van der Waals surface area contributed by atoms with Gasteiger partial charge in [0.25, 0.3) is 11.8 Å². The van der Waals surface area contributed by atoms with Crippen molar-refractivity contribution < 1.29 is 33.3 Å². The molecule has 2 N–H and O–H groups in total. The molecule has 2 rings (SSSR count). The van der Waals surface area contributed by atoms with E-state index in [0.29, 0.717) is 22.8 Å². The van der Waals surface area contributed by atoms with Gasteiger partial charge in [0.2, 0.25) is 0 Å². The lowest BCUT2D eigenvalue weighted by atomic mass is 10.0. The normalized spacial score (nSPS) is 11.6. The van der Waals surface area contributed by atoms with Crippen molar-refractivity contribution in [2.45, 2.75) is 33.2 Å². The molecule has 0 unspecified atom stereocenters. The number of hydrazone groups is 1. The minimum atomic E-state index is -0.846. The number of amides is 2. The van der Waals surface area contributed by atoms with Crippen LogP contribution in [0.15, 0.2) is 47.6 Å². The first-order chi connectivity index (χ1) is 17.2. The summed E-state index contributed by atoms with van der Waals surface area (Å²) in [6.45, 7) is 5.46. The highest BCUT2D eigenvalue weighted by Gasteiger charge is 2.22. The van der Waals surface area contributed by atoms with Gasteiger partial charge >= 0.3 is 6.16 Å². The Balaban J connectivity index is 1.96. The lowest BCUT2D eigenvalue weighted by Gasteiger charge is -2.19. The third-order valence-corrected chi connectivity index (χ3v) is 4.83. The zero-order chi connectivity index (χ0) is 26.5. The highest BCUT2D eigenvalue weighted by atomic mass is 35.5. The Morgan fingerprint density at radius 2 is 1.81 bits per heavy atom. The fourth-order valence-corrected chi connectivity index (χ4v) is 3.08. The van der Waals surface area contributed by atoms with Crippen molar-refractivity contribution in [3.05, 3.63) is 53.1 Å². The van der Waals surface area contributed by atoms with E-state index in [2.05, 4.69) is 15.8 Å². The number of halogens is 1. The van der Waals surface area contributed by atoms with Crippen molar-refractivity contribution in [1.29, 1.82) is 0 Å². The van der Waals surface area contributed by atoms with Gasteiger partial charge in [-0.2, -0.15) is 5.10 Å². The number of nitrogens with one attached hydrogen (secondary N) is 2. The molecule has 11 heteroatoms. The molecular weight excluding hydrogens is 490 g/mol. The van der Waals surface area contributed by atoms with Crippen molar-refractivity contribution in [2.24, 2.45) is 11.0 Å². The van der Waals surface area contributed by atoms with Crippen molar-refractivity contribution in [1.82, 2.24) is 10.7 Å². The molecule has 0 saturated carbocycles. The van der Waals surface area contributed by atoms with E-state index in [1.54, 1.807) is 43.3 Å². The van der Waals surface area contributed by atoms with E-state index in [1.165, 1.54) is 19.4 Å². The van der Waals surface area contributed by atoms with Crippen LogP contribution in [0.4, 0.5) is 4.79 Å². The summed E-state index contributed by atoms with van der Waals surface area (Å²) in [7, 11) is 1.42. The smallest absolute Gasteiger partial charge is 0.493 e. The van der Waals surface area contributed by atoms with Gasteiger partial charge in [-0.1, -0.05) is 25.4 Å². The summed E-state index contributed by atoms with van der Waals surface area (Å²) in [5.41, 5.74) is 3.01. The number of methoxy groups -OCH3 is 1. The van der Waals surface area contributed by atoms with E-state index in [1.807, 2.05) is 13.8 Å². The fraction of sp³-hybridized carbons (Fsp3) is 0.360. The van der Waals surface area contributed by atoms with Gasteiger partial charge in [0, 0.05) is 5.02 Å². The lowest BCUT2D eigenvalue weighted by Crippen LogP contribution is -2.47. The molecule has 0 aliphatic heterocycles. The Kier molecular flexibility index (Phi) is 11.5. The second kappa shape index (κ2) is 14.6. The average molecular weight is 520 g/mol. The molecule has 10 nitrogen and oxygen atoms in total. The van der Waals surface area contributed by atoms with Crippen LogP contribution in [0.25, 0.3) is 0 Å². The standard InChI is InChI=1S/C25H30ClN3O7/c1-5-34-25(32)36-21-11-6-17(13-22(21)33-4)14-27-29-24(31)20(12-16(2)3)28-23(30)15-35-19-9-7-18(26)8-10-19/h6-11,13-14,16,20H,5,12,15H2,1-4H3,(H,28,30)(H,29,31)/b27-14-/t20-/m1/s1. The van der Waals surface area contributed by atoms with E-state index in [4.69, 9.17) is 30.5 Å². The molecule has 0 aromatic heterocycles. The molecular formula is C25H30ClN3O7. The Morgan fingerprint density at radius 3 is 2.44 bits per heavy atom. The van der Waals surface area contributed by atoms with Crippen LogP contribution in [0.5, 0.6) is 17.2 Å². The topological polar surface area (TPSA) is 125 Å². The van der Waals surface area contributed by atoms with Crippen LogP contribution in [0.2, 0.25) is 5.02 Å². The van der Waals surface area contributed by atoms with Gasteiger partial charge in [-0.3, -0.25) is 9.59 Å². The lowest BCUT2D eigenvalue weighted by molar-refractivity contribution is -0.130. The van der Waals surface area contributed by atoms with Crippen molar-refractivity contribution in [3.63, 3.8) is 0 Å². The third-order valence-electron chi connectivity index (χ3n) is 4.57.